The number of nitrogens with zero attached hydrogens (tertiary/aromatic N) is 1. The average molecular weight is 468 g/mol. The van der Waals surface area contributed by atoms with Crippen molar-refractivity contribution in [1.82, 2.24) is 4.98 Å². The van der Waals surface area contributed by atoms with Crippen molar-refractivity contribution in [1.29, 1.82) is 0 Å². The molecule has 1 heterocycles. The molecule has 0 radical (unpaired) electrons. The molecule has 0 aliphatic heterocycles. The summed E-state index contributed by atoms with van der Waals surface area (Å²) in [7, 11) is -4.02. The van der Waals surface area contributed by atoms with Crippen molar-refractivity contribution >= 4 is 36.8 Å². The number of thiazole rings is 1. The molecule has 10 heteroatoms. The van der Waals surface area contributed by atoms with Crippen molar-refractivity contribution in [2.45, 2.75) is 25.2 Å². The Morgan fingerprint density at radius 3 is 2.58 bits per heavy atom. The van der Waals surface area contributed by atoms with E-state index in [0.29, 0.717) is 17.7 Å². The Hall–Kier alpha value is -2.53. The van der Waals surface area contributed by atoms with Crippen LogP contribution in [0.25, 0.3) is 10.2 Å². The van der Waals surface area contributed by atoms with Crippen LogP contribution in [0.1, 0.15) is 18.9 Å². The average Bonchev–Trinajstić information content (AvgIpc) is 3.15. The van der Waals surface area contributed by atoms with E-state index in [1.807, 2.05) is 25.1 Å². The van der Waals surface area contributed by atoms with E-state index in [0.717, 1.165) is 33.9 Å². The highest BCUT2D eigenvalue weighted by molar-refractivity contribution is 7.85. The van der Waals surface area contributed by atoms with Crippen LogP contribution in [-0.4, -0.2) is 37.7 Å². The molecule has 0 saturated heterocycles. The number of nitrogens with one attached hydrogen (secondary N) is 1. The normalized spacial score (nSPS) is 11.7. The van der Waals surface area contributed by atoms with Gasteiger partial charge in [-0.05, 0) is 43.7 Å². The largest absolute Gasteiger partial charge is 0.489 e. The second-order valence-electron chi connectivity index (χ2n) is 6.62. The molecule has 7 nitrogen and oxygen atoms in total. The number of hydrogen-bond acceptors (Lipinski definition) is 7. The number of fused-ring (bicyclic) bond motifs is 1. The molecule has 0 aliphatic carbocycles. The summed E-state index contributed by atoms with van der Waals surface area (Å²) < 4.78 is 48.5. The molecular formula is C21H26FN3O4S2. The van der Waals surface area contributed by atoms with Crippen LogP contribution in [0.2, 0.25) is 0 Å². The fourth-order valence-electron chi connectivity index (χ4n) is 2.32. The minimum absolute atomic E-state index is 0.0666. The molecule has 0 amide bonds. The molecule has 1 aromatic heterocycles. The standard InChI is InChI=1S/C14H18FN3OS.C7H8O3S/c1-2-5-17-14-18-12-4-3-11(6-13(12)20-14)19-9-10(7-15)8-16;1-6-2-4-7(5-3-6)11(8,9)10/h3-4,6-7H,2,5,8-9,16H2,1H3,(H,17,18);2-5H,1H3,(H,8,9,10)/b10-7-;. The third kappa shape index (κ3) is 7.91. The van der Waals surface area contributed by atoms with Gasteiger partial charge >= 0.3 is 0 Å². The van der Waals surface area contributed by atoms with Gasteiger partial charge in [-0.15, -0.1) is 0 Å². The zero-order valence-corrected chi connectivity index (χ0v) is 19.0. The molecule has 0 atom stereocenters. The Morgan fingerprint density at radius 2 is 2.00 bits per heavy atom. The first-order chi connectivity index (χ1) is 14.8. The highest BCUT2D eigenvalue weighted by Gasteiger charge is 2.07. The van der Waals surface area contributed by atoms with Crippen molar-refractivity contribution in [2.75, 3.05) is 25.0 Å². The SMILES string of the molecule is CCCNc1nc2ccc(OC/C(=C\F)CN)cc2s1.Cc1ccc(S(=O)(=O)O)cc1. The smallest absolute Gasteiger partial charge is 0.294 e. The molecular weight excluding hydrogens is 441 g/mol. The second kappa shape index (κ2) is 11.8. The lowest BCUT2D eigenvalue weighted by atomic mass is 10.2. The molecule has 0 saturated carbocycles. The number of anilines is 1. The van der Waals surface area contributed by atoms with Gasteiger partial charge < -0.3 is 15.8 Å². The molecule has 0 unspecified atom stereocenters. The van der Waals surface area contributed by atoms with Gasteiger partial charge in [-0.25, -0.2) is 9.37 Å². The van der Waals surface area contributed by atoms with E-state index in [1.165, 1.54) is 12.1 Å². The summed E-state index contributed by atoms with van der Waals surface area (Å²) in [5, 5.41) is 4.17. The lowest BCUT2D eigenvalue weighted by molar-refractivity contribution is 0.348. The minimum atomic E-state index is -4.02. The van der Waals surface area contributed by atoms with Crippen LogP contribution in [0.3, 0.4) is 0 Å². The number of ether oxygens (including phenoxy) is 1. The number of halogens is 1. The molecule has 3 rings (SSSR count). The van der Waals surface area contributed by atoms with Gasteiger partial charge in [-0.3, -0.25) is 4.55 Å². The van der Waals surface area contributed by atoms with E-state index < -0.39 is 10.1 Å². The molecule has 2 aromatic carbocycles. The van der Waals surface area contributed by atoms with Crippen LogP contribution in [-0.2, 0) is 10.1 Å². The van der Waals surface area contributed by atoms with Crippen LogP contribution < -0.4 is 15.8 Å². The molecule has 31 heavy (non-hydrogen) atoms. The topological polar surface area (TPSA) is 115 Å². The summed E-state index contributed by atoms with van der Waals surface area (Å²) in [6.07, 6.45) is 1.56. The van der Waals surface area contributed by atoms with E-state index in [4.69, 9.17) is 15.0 Å². The predicted octanol–water partition coefficient (Wildman–Crippen LogP) is 4.55. The number of hydrogen-bond donors (Lipinski definition) is 3. The Morgan fingerprint density at radius 1 is 1.29 bits per heavy atom. The molecule has 0 aliphatic rings. The minimum Gasteiger partial charge on any atom is -0.489 e. The summed E-state index contributed by atoms with van der Waals surface area (Å²) >= 11 is 1.58. The summed E-state index contributed by atoms with van der Waals surface area (Å²) in [5.41, 5.74) is 7.70. The van der Waals surface area contributed by atoms with E-state index in [1.54, 1.807) is 23.5 Å². The van der Waals surface area contributed by atoms with Crippen molar-refractivity contribution in [3.8, 4) is 5.75 Å². The number of nitrogens with two attached hydrogens (primary N) is 1. The summed E-state index contributed by atoms with van der Waals surface area (Å²) in [5.74, 6) is 0.691. The van der Waals surface area contributed by atoms with Crippen molar-refractivity contribution < 1.29 is 22.1 Å². The van der Waals surface area contributed by atoms with Gasteiger partial charge in [0.2, 0.25) is 0 Å². The first-order valence-corrected chi connectivity index (χ1v) is 11.8. The lowest BCUT2D eigenvalue weighted by Crippen LogP contribution is -2.10. The number of benzene rings is 2. The maximum absolute atomic E-state index is 12.4. The zero-order chi connectivity index (χ0) is 22.9. The van der Waals surface area contributed by atoms with Gasteiger partial charge in [0.15, 0.2) is 5.13 Å². The molecule has 3 aromatic rings. The number of rotatable bonds is 8. The Bertz CT molecular complexity index is 1110. The zero-order valence-electron chi connectivity index (χ0n) is 17.3. The number of aromatic nitrogens is 1. The highest BCUT2D eigenvalue weighted by Crippen LogP contribution is 2.29. The van der Waals surface area contributed by atoms with E-state index in [2.05, 4.69) is 17.2 Å². The Kier molecular flexibility index (Phi) is 9.38. The maximum Gasteiger partial charge on any atom is 0.294 e. The summed E-state index contributed by atoms with van der Waals surface area (Å²) in [6.45, 7) is 5.18. The molecule has 0 fully saturated rings. The molecule has 168 valence electrons. The van der Waals surface area contributed by atoms with Gasteiger partial charge in [0.25, 0.3) is 10.1 Å². The first-order valence-electron chi connectivity index (χ1n) is 9.56. The van der Waals surface area contributed by atoms with Crippen LogP contribution in [0.4, 0.5) is 9.52 Å². The third-order valence-electron chi connectivity index (χ3n) is 4.05. The Balaban J connectivity index is 0.000000262. The van der Waals surface area contributed by atoms with Crippen molar-refractivity contribution in [3.63, 3.8) is 0 Å². The van der Waals surface area contributed by atoms with Crippen LogP contribution >= 0.6 is 11.3 Å². The van der Waals surface area contributed by atoms with Crippen LogP contribution in [0.15, 0.2) is 59.3 Å². The first kappa shape index (κ1) is 24.7. The third-order valence-corrected chi connectivity index (χ3v) is 5.89. The molecule has 0 spiro atoms. The summed E-state index contributed by atoms with van der Waals surface area (Å²) in [6, 6.07) is 11.6. The van der Waals surface area contributed by atoms with Gasteiger partial charge in [0, 0.05) is 18.7 Å². The monoisotopic (exact) mass is 467 g/mol. The fourth-order valence-corrected chi connectivity index (χ4v) is 3.72. The van der Waals surface area contributed by atoms with E-state index in [-0.39, 0.29) is 18.0 Å². The summed E-state index contributed by atoms with van der Waals surface area (Å²) in [4.78, 5) is 4.41. The lowest BCUT2D eigenvalue weighted by Gasteiger charge is -2.06. The quantitative estimate of drug-likeness (QED) is 0.416. The van der Waals surface area contributed by atoms with Gasteiger partial charge in [-0.2, -0.15) is 8.42 Å². The van der Waals surface area contributed by atoms with Crippen LogP contribution in [0.5, 0.6) is 5.75 Å². The maximum atomic E-state index is 12.4. The van der Waals surface area contributed by atoms with Crippen molar-refractivity contribution in [2.24, 2.45) is 5.73 Å². The Labute approximate surface area is 185 Å². The highest BCUT2D eigenvalue weighted by atomic mass is 32.2. The van der Waals surface area contributed by atoms with Gasteiger partial charge in [-0.1, -0.05) is 36.0 Å². The van der Waals surface area contributed by atoms with Crippen LogP contribution in [0, 0.1) is 6.92 Å². The predicted molar refractivity (Wildman–Crippen MR) is 123 cm³/mol. The molecule has 0 bridgehead atoms. The van der Waals surface area contributed by atoms with Crippen molar-refractivity contribution in [3.05, 3.63) is 59.9 Å². The van der Waals surface area contributed by atoms with Gasteiger partial charge in [0.05, 0.1) is 21.4 Å². The van der Waals surface area contributed by atoms with Gasteiger partial charge in [0.1, 0.15) is 12.4 Å². The second-order valence-corrected chi connectivity index (χ2v) is 9.08. The fraction of sp³-hybridized carbons (Fsp3) is 0.286. The molecule has 4 N–H and O–H groups in total. The number of aryl methyl sites for hydroxylation is 1. The van der Waals surface area contributed by atoms with E-state index >= 15 is 0 Å². The van der Waals surface area contributed by atoms with E-state index in [9.17, 15) is 12.8 Å².